The predicted molar refractivity (Wildman–Crippen MR) is 71.1 cm³/mol. The number of aliphatic hydroxyl groups is 1. The van der Waals surface area contributed by atoms with Gasteiger partial charge in [-0.1, -0.05) is 6.07 Å². The monoisotopic (exact) mass is 281 g/mol. The van der Waals surface area contributed by atoms with E-state index in [-0.39, 0.29) is 31.0 Å². The molecule has 0 fully saturated rings. The third-order valence-electron chi connectivity index (χ3n) is 2.46. The van der Waals surface area contributed by atoms with Crippen LogP contribution in [0.15, 0.2) is 40.3 Å². The minimum atomic E-state index is -0.279. The first kappa shape index (κ1) is 13.8. The largest absolute Gasteiger partial charge is 0.459 e. The lowest BCUT2D eigenvalue weighted by Gasteiger charge is -2.16. The highest BCUT2D eigenvalue weighted by Gasteiger charge is 2.16. The van der Waals surface area contributed by atoms with Crippen LogP contribution < -0.4 is 5.32 Å². The van der Waals surface area contributed by atoms with Crippen molar-refractivity contribution >= 4 is 17.2 Å². The summed E-state index contributed by atoms with van der Waals surface area (Å²) < 4.78 is 10.5. The highest BCUT2D eigenvalue weighted by molar-refractivity contribution is 7.10. The molecule has 19 heavy (non-hydrogen) atoms. The molecular weight excluding hydrogens is 266 g/mol. The van der Waals surface area contributed by atoms with Crippen LogP contribution in [0.1, 0.15) is 21.5 Å². The lowest BCUT2D eigenvalue weighted by Crippen LogP contribution is -2.29. The Labute approximate surface area is 114 Å². The number of ether oxygens (including phenoxy) is 1. The first-order valence-electron chi connectivity index (χ1n) is 5.89. The summed E-state index contributed by atoms with van der Waals surface area (Å²) in [6.07, 6.45) is 1.19. The second-order valence-electron chi connectivity index (χ2n) is 3.79. The van der Waals surface area contributed by atoms with E-state index >= 15 is 0 Å². The van der Waals surface area contributed by atoms with Crippen LogP contribution in [-0.2, 0) is 4.74 Å². The van der Waals surface area contributed by atoms with E-state index < -0.39 is 0 Å². The third-order valence-corrected chi connectivity index (χ3v) is 3.43. The zero-order valence-electron chi connectivity index (χ0n) is 10.2. The summed E-state index contributed by atoms with van der Waals surface area (Å²) in [5, 5.41) is 13.5. The van der Waals surface area contributed by atoms with Crippen molar-refractivity contribution < 1.29 is 19.1 Å². The Balaban J connectivity index is 1.91. The van der Waals surface area contributed by atoms with Crippen LogP contribution >= 0.6 is 11.3 Å². The summed E-state index contributed by atoms with van der Waals surface area (Å²) in [6.45, 7) is 0.521. The SMILES string of the molecule is O=C(NC[C@@H](OCCO)c1cccs1)c1ccco1. The predicted octanol–water partition coefficient (Wildman–Crippen LogP) is 1.82. The fraction of sp³-hybridized carbons (Fsp3) is 0.308. The zero-order chi connectivity index (χ0) is 13.5. The fourth-order valence-corrected chi connectivity index (χ4v) is 2.37. The molecule has 5 nitrogen and oxygen atoms in total. The number of hydrogen-bond acceptors (Lipinski definition) is 5. The first-order chi connectivity index (χ1) is 9.31. The van der Waals surface area contributed by atoms with E-state index in [1.165, 1.54) is 6.26 Å². The van der Waals surface area contributed by atoms with Crippen LogP contribution in [0.5, 0.6) is 0 Å². The zero-order valence-corrected chi connectivity index (χ0v) is 11.1. The molecule has 0 aliphatic carbocycles. The molecule has 2 aromatic rings. The molecule has 0 radical (unpaired) electrons. The van der Waals surface area contributed by atoms with Gasteiger partial charge in [0.2, 0.25) is 0 Å². The highest BCUT2D eigenvalue weighted by Crippen LogP contribution is 2.21. The second-order valence-corrected chi connectivity index (χ2v) is 4.77. The number of thiophene rings is 1. The molecule has 0 spiro atoms. The van der Waals surface area contributed by atoms with Crippen LogP contribution in [0.4, 0.5) is 0 Å². The van der Waals surface area contributed by atoms with Crippen molar-refractivity contribution in [2.45, 2.75) is 6.10 Å². The fourth-order valence-electron chi connectivity index (χ4n) is 1.59. The number of nitrogens with one attached hydrogen (secondary N) is 1. The minimum absolute atomic E-state index is 0.0476. The number of carbonyl (C=O) groups excluding carboxylic acids is 1. The maximum absolute atomic E-state index is 11.7. The van der Waals surface area contributed by atoms with Gasteiger partial charge in [-0.15, -0.1) is 11.3 Å². The van der Waals surface area contributed by atoms with Gasteiger partial charge in [-0.05, 0) is 23.6 Å². The molecule has 0 aromatic carbocycles. The molecule has 2 heterocycles. The average molecular weight is 281 g/mol. The lowest BCUT2D eigenvalue weighted by atomic mass is 10.3. The summed E-state index contributed by atoms with van der Waals surface area (Å²) in [5.74, 6) is -0.00811. The molecule has 1 amide bonds. The van der Waals surface area contributed by atoms with E-state index in [1.54, 1.807) is 23.5 Å². The normalized spacial score (nSPS) is 12.3. The van der Waals surface area contributed by atoms with Crippen molar-refractivity contribution in [3.05, 3.63) is 46.5 Å². The quantitative estimate of drug-likeness (QED) is 0.812. The van der Waals surface area contributed by atoms with Crippen LogP contribution in [0, 0.1) is 0 Å². The smallest absolute Gasteiger partial charge is 0.287 e. The molecule has 2 aromatic heterocycles. The number of rotatable bonds is 7. The maximum atomic E-state index is 11.7. The minimum Gasteiger partial charge on any atom is -0.459 e. The number of carbonyl (C=O) groups is 1. The van der Waals surface area contributed by atoms with Gasteiger partial charge in [0.25, 0.3) is 5.91 Å². The van der Waals surface area contributed by atoms with Gasteiger partial charge in [0.05, 0.1) is 19.5 Å². The Kier molecular flexibility index (Phi) is 5.14. The van der Waals surface area contributed by atoms with Crippen molar-refractivity contribution in [2.24, 2.45) is 0 Å². The molecule has 0 saturated carbocycles. The van der Waals surface area contributed by atoms with E-state index in [1.807, 2.05) is 17.5 Å². The molecule has 6 heteroatoms. The van der Waals surface area contributed by atoms with Crippen LogP contribution in [0.3, 0.4) is 0 Å². The van der Waals surface area contributed by atoms with Crippen LogP contribution in [0.2, 0.25) is 0 Å². The molecule has 0 aliphatic heterocycles. The van der Waals surface area contributed by atoms with E-state index in [0.29, 0.717) is 6.54 Å². The molecular formula is C13H15NO4S. The topological polar surface area (TPSA) is 71.7 Å². The van der Waals surface area contributed by atoms with Crippen molar-refractivity contribution in [1.82, 2.24) is 5.32 Å². The second kappa shape index (κ2) is 7.08. The standard InChI is InChI=1S/C13H15NO4S/c15-5-7-18-11(12-4-2-8-19-12)9-14-13(16)10-3-1-6-17-10/h1-4,6,8,11,15H,5,7,9H2,(H,14,16)/t11-/m1/s1. The van der Waals surface area contributed by atoms with Crippen molar-refractivity contribution in [3.8, 4) is 0 Å². The molecule has 2 rings (SSSR count). The van der Waals surface area contributed by atoms with Gasteiger partial charge in [0.15, 0.2) is 5.76 Å². The van der Waals surface area contributed by atoms with Gasteiger partial charge in [-0.25, -0.2) is 0 Å². The third kappa shape index (κ3) is 3.92. The number of hydrogen-bond donors (Lipinski definition) is 2. The molecule has 0 saturated heterocycles. The first-order valence-corrected chi connectivity index (χ1v) is 6.77. The van der Waals surface area contributed by atoms with Crippen molar-refractivity contribution in [2.75, 3.05) is 19.8 Å². The van der Waals surface area contributed by atoms with Gasteiger partial charge >= 0.3 is 0 Å². The number of furan rings is 1. The maximum Gasteiger partial charge on any atom is 0.287 e. The Morgan fingerprint density at radius 1 is 1.47 bits per heavy atom. The number of aliphatic hydroxyl groups excluding tert-OH is 1. The molecule has 0 aliphatic rings. The summed E-state index contributed by atoms with van der Waals surface area (Å²) >= 11 is 1.55. The van der Waals surface area contributed by atoms with Gasteiger partial charge in [0.1, 0.15) is 6.10 Å². The van der Waals surface area contributed by atoms with E-state index in [0.717, 1.165) is 4.88 Å². The highest BCUT2D eigenvalue weighted by atomic mass is 32.1. The molecule has 0 unspecified atom stereocenters. The van der Waals surface area contributed by atoms with Crippen LogP contribution in [0.25, 0.3) is 0 Å². The summed E-state index contributed by atoms with van der Waals surface area (Å²) in [4.78, 5) is 12.8. The van der Waals surface area contributed by atoms with Crippen molar-refractivity contribution in [1.29, 1.82) is 0 Å². The molecule has 1 atom stereocenters. The molecule has 2 N–H and O–H groups in total. The van der Waals surface area contributed by atoms with Gasteiger partial charge in [0, 0.05) is 11.4 Å². The van der Waals surface area contributed by atoms with Crippen molar-refractivity contribution in [3.63, 3.8) is 0 Å². The summed E-state index contributed by atoms with van der Waals surface area (Å²) in [5.41, 5.74) is 0. The van der Waals surface area contributed by atoms with Gasteiger partial charge in [-0.3, -0.25) is 4.79 Å². The Morgan fingerprint density at radius 2 is 2.37 bits per heavy atom. The molecule has 102 valence electrons. The summed E-state index contributed by atoms with van der Waals surface area (Å²) in [7, 11) is 0. The number of amides is 1. The van der Waals surface area contributed by atoms with E-state index in [9.17, 15) is 4.79 Å². The average Bonchev–Trinajstić information content (AvgIpc) is 3.11. The Morgan fingerprint density at radius 3 is 3.00 bits per heavy atom. The summed E-state index contributed by atoms with van der Waals surface area (Å²) in [6, 6.07) is 7.12. The van der Waals surface area contributed by atoms with Gasteiger partial charge in [-0.2, -0.15) is 0 Å². The van der Waals surface area contributed by atoms with Crippen LogP contribution in [-0.4, -0.2) is 30.8 Å². The Bertz CT molecular complexity index is 481. The Hall–Kier alpha value is -1.63. The lowest BCUT2D eigenvalue weighted by molar-refractivity contribution is 0.0293. The van der Waals surface area contributed by atoms with E-state index in [2.05, 4.69) is 5.32 Å². The molecule has 0 bridgehead atoms. The van der Waals surface area contributed by atoms with E-state index in [4.69, 9.17) is 14.3 Å². The van der Waals surface area contributed by atoms with Gasteiger partial charge < -0.3 is 19.6 Å².